The molecule has 1 aliphatic heterocycles. The molecule has 7 heteroatoms. The third-order valence-corrected chi connectivity index (χ3v) is 6.94. The lowest BCUT2D eigenvalue weighted by atomic mass is 9.89. The van der Waals surface area contributed by atoms with Crippen molar-refractivity contribution in [2.24, 2.45) is 0 Å². The summed E-state index contributed by atoms with van der Waals surface area (Å²) in [5.41, 5.74) is 5.95. The summed E-state index contributed by atoms with van der Waals surface area (Å²) < 4.78 is 14.3. The van der Waals surface area contributed by atoms with Crippen LogP contribution in [-0.2, 0) is 22.2 Å². The summed E-state index contributed by atoms with van der Waals surface area (Å²) in [4.78, 5) is 16.4. The lowest BCUT2D eigenvalue weighted by Gasteiger charge is -2.18. The number of aryl methyl sites for hydroxylation is 1. The van der Waals surface area contributed by atoms with Gasteiger partial charge in [-0.1, -0.05) is 30.3 Å². The number of nitrogens with one attached hydrogen (secondary N) is 1. The standard InChI is InChI=1S/C24H20N2O4S/c1-13-4-2-7-19(25-13)15-5-3-6-16-18(15)11-21(28)24(16)14-8-9-17(20(27)10-14)22-12-23(29)26-31(22)30/h2-10,12,21,24,27-28H,11H2,1H3,(H,26,29)/t21-,24?,31?/m1/s1. The van der Waals surface area contributed by atoms with Crippen LogP contribution in [0.4, 0.5) is 0 Å². The van der Waals surface area contributed by atoms with Gasteiger partial charge in [0.1, 0.15) is 5.75 Å². The van der Waals surface area contributed by atoms with Gasteiger partial charge in [-0.15, -0.1) is 0 Å². The Morgan fingerprint density at radius 2 is 1.90 bits per heavy atom. The minimum Gasteiger partial charge on any atom is -0.507 e. The van der Waals surface area contributed by atoms with Gasteiger partial charge >= 0.3 is 0 Å². The first kappa shape index (κ1) is 19.7. The fraction of sp³-hybridized carbons (Fsp3) is 0.167. The number of aliphatic hydroxyl groups excluding tert-OH is 1. The average molecular weight is 433 g/mol. The van der Waals surface area contributed by atoms with Crippen molar-refractivity contribution in [3.05, 3.63) is 88.6 Å². The van der Waals surface area contributed by atoms with Gasteiger partial charge in [0.15, 0.2) is 11.0 Å². The number of nitrogens with zero attached hydrogens (tertiary/aromatic N) is 1. The summed E-state index contributed by atoms with van der Waals surface area (Å²) in [5, 5.41) is 21.5. The summed E-state index contributed by atoms with van der Waals surface area (Å²) in [6, 6.07) is 16.9. The number of aromatic hydroxyl groups is 1. The number of benzene rings is 2. The highest BCUT2D eigenvalue weighted by atomic mass is 32.2. The van der Waals surface area contributed by atoms with E-state index in [0.29, 0.717) is 12.0 Å². The van der Waals surface area contributed by atoms with Gasteiger partial charge in [0.05, 0.1) is 16.7 Å². The van der Waals surface area contributed by atoms with E-state index in [4.69, 9.17) is 0 Å². The normalized spacial score (nSPS) is 22.2. The maximum absolute atomic E-state index is 12.0. The molecule has 3 aromatic rings. The van der Waals surface area contributed by atoms with Crippen LogP contribution in [0.2, 0.25) is 0 Å². The number of hydrogen-bond acceptors (Lipinski definition) is 5. The van der Waals surface area contributed by atoms with Crippen LogP contribution in [0.5, 0.6) is 5.75 Å². The zero-order valence-corrected chi connectivity index (χ0v) is 17.5. The Labute approximate surface area is 181 Å². The van der Waals surface area contributed by atoms with E-state index < -0.39 is 23.0 Å². The molecule has 3 N–H and O–H groups in total. The van der Waals surface area contributed by atoms with E-state index in [1.165, 1.54) is 6.08 Å². The van der Waals surface area contributed by atoms with Crippen LogP contribution in [0.3, 0.4) is 0 Å². The molecule has 3 atom stereocenters. The van der Waals surface area contributed by atoms with E-state index in [0.717, 1.165) is 33.6 Å². The molecule has 0 saturated carbocycles. The van der Waals surface area contributed by atoms with Gasteiger partial charge in [0.25, 0.3) is 5.91 Å². The Morgan fingerprint density at radius 3 is 2.61 bits per heavy atom. The van der Waals surface area contributed by atoms with E-state index in [1.807, 2.05) is 43.3 Å². The first-order chi connectivity index (χ1) is 14.9. The number of pyridine rings is 1. The Bertz CT molecular complexity index is 1280. The minimum absolute atomic E-state index is 0.0780. The third-order valence-electron chi connectivity index (χ3n) is 5.81. The number of phenolic OH excluding ortho intramolecular Hbond substituents is 1. The molecule has 2 aliphatic rings. The summed E-state index contributed by atoms with van der Waals surface area (Å²) in [7, 11) is -1.68. The van der Waals surface area contributed by atoms with Crippen molar-refractivity contribution in [3.63, 3.8) is 0 Å². The molecular weight excluding hydrogens is 412 g/mol. The van der Waals surface area contributed by atoms with Gasteiger partial charge in [-0.25, -0.2) is 4.21 Å². The molecule has 0 bridgehead atoms. The Kier molecular flexibility index (Phi) is 4.72. The number of fused-ring (bicyclic) bond motifs is 1. The summed E-state index contributed by atoms with van der Waals surface area (Å²) in [5.74, 6) is -0.831. The number of carbonyl (C=O) groups is 1. The highest BCUT2D eigenvalue weighted by molar-refractivity contribution is 7.94. The molecule has 0 saturated heterocycles. The van der Waals surface area contributed by atoms with Gasteiger partial charge < -0.3 is 10.2 Å². The third kappa shape index (κ3) is 3.36. The molecule has 0 spiro atoms. The molecule has 0 radical (unpaired) electrons. The van der Waals surface area contributed by atoms with Crippen molar-refractivity contribution >= 4 is 21.8 Å². The molecule has 1 aromatic heterocycles. The average Bonchev–Trinajstić information content (AvgIpc) is 3.25. The summed E-state index contributed by atoms with van der Waals surface area (Å²) in [6.07, 6.45) is 1.07. The molecule has 2 aromatic carbocycles. The fourth-order valence-electron chi connectivity index (χ4n) is 4.47. The van der Waals surface area contributed by atoms with Crippen molar-refractivity contribution in [2.75, 3.05) is 0 Å². The maximum Gasteiger partial charge on any atom is 0.257 e. The first-order valence-electron chi connectivity index (χ1n) is 9.93. The van der Waals surface area contributed by atoms with Crippen LogP contribution >= 0.6 is 0 Å². The molecule has 0 fully saturated rings. The van der Waals surface area contributed by atoms with Crippen LogP contribution in [0.15, 0.2) is 60.7 Å². The van der Waals surface area contributed by atoms with Crippen LogP contribution in [-0.4, -0.2) is 31.4 Å². The molecule has 156 valence electrons. The molecular formula is C24H20N2O4S. The largest absolute Gasteiger partial charge is 0.507 e. The van der Waals surface area contributed by atoms with Gasteiger partial charge in [0.2, 0.25) is 0 Å². The van der Waals surface area contributed by atoms with E-state index in [9.17, 15) is 19.2 Å². The van der Waals surface area contributed by atoms with Gasteiger partial charge in [-0.2, -0.15) is 0 Å². The minimum atomic E-state index is -1.68. The highest BCUT2D eigenvalue weighted by Crippen LogP contribution is 2.43. The second-order valence-corrected chi connectivity index (χ2v) is 8.99. The number of aromatic nitrogens is 1. The van der Waals surface area contributed by atoms with Crippen molar-refractivity contribution < 1.29 is 19.2 Å². The summed E-state index contributed by atoms with van der Waals surface area (Å²) in [6.45, 7) is 1.95. The number of rotatable bonds is 3. The van der Waals surface area contributed by atoms with Crippen molar-refractivity contribution in [1.29, 1.82) is 0 Å². The van der Waals surface area contributed by atoms with Gasteiger partial charge in [-0.3, -0.25) is 14.5 Å². The Hall–Kier alpha value is -3.29. The zero-order valence-electron chi connectivity index (χ0n) is 16.7. The van der Waals surface area contributed by atoms with E-state index in [-0.39, 0.29) is 16.6 Å². The topological polar surface area (TPSA) is 99.5 Å². The van der Waals surface area contributed by atoms with E-state index >= 15 is 0 Å². The molecule has 5 rings (SSSR count). The lowest BCUT2D eigenvalue weighted by molar-refractivity contribution is -0.114. The Morgan fingerprint density at radius 1 is 1.10 bits per heavy atom. The second-order valence-electron chi connectivity index (χ2n) is 7.81. The van der Waals surface area contributed by atoms with Crippen molar-refractivity contribution in [1.82, 2.24) is 9.71 Å². The van der Waals surface area contributed by atoms with Crippen molar-refractivity contribution in [2.45, 2.75) is 25.4 Å². The molecule has 1 amide bonds. The monoisotopic (exact) mass is 432 g/mol. The van der Waals surface area contributed by atoms with Crippen LogP contribution in [0.1, 0.15) is 33.9 Å². The molecule has 1 aliphatic carbocycles. The van der Waals surface area contributed by atoms with Crippen LogP contribution in [0.25, 0.3) is 16.2 Å². The molecule has 31 heavy (non-hydrogen) atoms. The summed E-state index contributed by atoms with van der Waals surface area (Å²) >= 11 is 0. The van der Waals surface area contributed by atoms with E-state index in [2.05, 4.69) is 9.71 Å². The predicted molar refractivity (Wildman–Crippen MR) is 118 cm³/mol. The van der Waals surface area contributed by atoms with Gasteiger partial charge in [0, 0.05) is 35.2 Å². The number of aliphatic hydroxyl groups is 1. The van der Waals surface area contributed by atoms with Crippen molar-refractivity contribution in [3.8, 4) is 17.0 Å². The van der Waals surface area contributed by atoms with E-state index in [1.54, 1.807) is 18.2 Å². The predicted octanol–water partition coefficient (Wildman–Crippen LogP) is 2.95. The number of phenols is 1. The number of carbonyl (C=O) groups excluding carboxylic acids is 1. The maximum atomic E-state index is 12.0. The number of amides is 1. The van der Waals surface area contributed by atoms with Crippen LogP contribution < -0.4 is 4.72 Å². The molecule has 6 nitrogen and oxygen atoms in total. The SMILES string of the molecule is Cc1cccc(-c2cccc3c2C[C@@H](O)C3c2ccc(C3=CC(=O)NS3=O)c(O)c2)n1. The lowest BCUT2D eigenvalue weighted by Crippen LogP contribution is -2.16. The zero-order chi connectivity index (χ0) is 21.7. The second kappa shape index (κ2) is 7.44. The Balaban J connectivity index is 1.56. The fourth-order valence-corrected chi connectivity index (χ4v) is 5.41. The molecule has 2 heterocycles. The van der Waals surface area contributed by atoms with Gasteiger partial charge in [-0.05, 0) is 47.9 Å². The smallest absolute Gasteiger partial charge is 0.257 e. The molecule has 2 unspecified atom stereocenters. The first-order valence-corrected chi connectivity index (χ1v) is 11.1. The highest BCUT2D eigenvalue weighted by Gasteiger charge is 2.35. The van der Waals surface area contributed by atoms with Crippen LogP contribution in [0, 0.1) is 6.92 Å². The quantitative estimate of drug-likeness (QED) is 0.591. The number of hydrogen-bond donors (Lipinski definition) is 3.